The summed E-state index contributed by atoms with van der Waals surface area (Å²) in [4.78, 5) is 4.32. The molecule has 0 unspecified atom stereocenters. The SMILES string of the molecule is Cc1cc(Cl)c2oc(-c3ccc(Br)cc3F)cc2n1. The third-order valence-electron chi connectivity index (χ3n) is 2.76. The second-order valence-corrected chi connectivity index (χ2v) is 5.52. The van der Waals surface area contributed by atoms with Crippen molar-refractivity contribution in [1.82, 2.24) is 4.98 Å². The molecule has 0 aliphatic carbocycles. The molecule has 0 atom stereocenters. The van der Waals surface area contributed by atoms with Crippen LogP contribution in [0.3, 0.4) is 0 Å². The Bertz CT molecular complexity index is 784. The van der Waals surface area contributed by atoms with Gasteiger partial charge in [-0.3, -0.25) is 0 Å². The van der Waals surface area contributed by atoms with E-state index in [1.54, 1.807) is 24.3 Å². The molecule has 0 amide bonds. The van der Waals surface area contributed by atoms with Crippen molar-refractivity contribution in [3.05, 3.63) is 51.3 Å². The van der Waals surface area contributed by atoms with E-state index in [9.17, 15) is 4.39 Å². The van der Waals surface area contributed by atoms with Gasteiger partial charge in [-0.05, 0) is 31.2 Å². The van der Waals surface area contributed by atoms with E-state index >= 15 is 0 Å². The Labute approximate surface area is 122 Å². The summed E-state index contributed by atoms with van der Waals surface area (Å²) in [6.07, 6.45) is 0. The zero-order valence-corrected chi connectivity index (χ0v) is 12.2. The molecule has 0 aliphatic heterocycles. The first kappa shape index (κ1) is 12.6. The van der Waals surface area contributed by atoms with Gasteiger partial charge in [0, 0.05) is 16.2 Å². The second kappa shape index (κ2) is 4.62. The lowest BCUT2D eigenvalue weighted by atomic mass is 10.1. The first-order valence-electron chi connectivity index (χ1n) is 5.57. The molecule has 0 saturated carbocycles. The fourth-order valence-corrected chi connectivity index (χ4v) is 2.56. The maximum atomic E-state index is 13.9. The van der Waals surface area contributed by atoms with Gasteiger partial charge < -0.3 is 4.42 Å². The van der Waals surface area contributed by atoms with E-state index in [1.165, 1.54) is 6.07 Å². The summed E-state index contributed by atoms with van der Waals surface area (Å²) in [7, 11) is 0. The molecule has 2 heterocycles. The predicted molar refractivity (Wildman–Crippen MR) is 76.9 cm³/mol. The second-order valence-electron chi connectivity index (χ2n) is 4.19. The molecular formula is C14H8BrClFNO. The monoisotopic (exact) mass is 339 g/mol. The van der Waals surface area contributed by atoms with Crippen LogP contribution < -0.4 is 0 Å². The van der Waals surface area contributed by atoms with Crippen LogP contribution in [-0.2, 0) is 0 Å². The van der Waals surface area contributed by atoms with Crippen molar-refractivity contribution >= 4 is 38.6 Å². The number of aryl methyl sites for hydroxylation is 1. The van der Waals surface area contributed by atoms with Gasteiger partial charge >= 0.3 is 0 Å². The minimum atomic E-state index is -0.360. The van der Waals surface area contributed by atoms with E-state index in [1.807, 2.05) is 6.92 Å². The lowest BCUT2D eigenvalue weighted by Gasteiger charge is -1.99. The maximum absolute atomic E-state index is 13.9. The Morgan fingerprint density at radius 3 is 2.79 bits per heavy atom. The summed E-state index contributed by atoms with van der Waals surface area (Å²) in [6, 6.07) is 8.21. The van der Waals surface area contributed by atoms with Crippen LogP contribution in [0.4, 0.5) is 4.39 Å². The first-order chi connectivity index (χ1) is 9.04. The zero-order chi connectivity index (χ0) is 13.6. The van der Waals surface area contributed by atoms with Gasteiger partial charge in [-0.15, -0.1) is 0 Å². The largest absolute Gasteiger partial charge is 0.453 e. The maximum Gasteiger partial charge on any atom is 0.171 e. The Morgan fingerprint density at radius 1 is 1.26 bits per heavy atom. The number of hydrogen-bond acceptors (Lipinski definition) is 2. The highest BCUT2D eigenvalue weighted by Crippen LogP contribution is 2.33. The van der Waals surface area contributed by atoms with Crippen molar-refractivity contribution in [3.63, 3.8) is 0 Å². The highest BCUT2D eigenvalue weighted by Gasteiger charge is 2.14. The predicted octanol–water partition coefficient (Wildman–Crippen LogP) is 5.36. The van der Waals surface area contributed by atoms with Crippen molar-refractivity contribution in [3.8, 4) is 11.3 Å². The van der Waals surface area contributed by atoms with Crippen LogP contribution >= 0.6 is 27.5 Å². The molecule has 0 fully saturated rings. The van der Waals surface area contributed by atoms with E-state index in [0.29, 0.717) is 31.9 Å². The Morgan fingerprint density at radius 2 is 2.05 bits per heavy atom. The minimum absolute atomic E-state index is 0.360. The summed E-state index contributed by atoms with van der Waals surface area (Å²) in [5, 5.41) is 0.478. The van der Waals surface area contributed by atoms with Crippen LogP contribution in [0.2, 0.25) is 5.02 Å². The highest BCUT2D eigenvalue weighted by atomic mass is 79.9. The van der Waals surface area contributed by atoms with E-state index in [2.05, 4.69) is 20.9 Å². The zero-order valence-electron chi connectivity index (χ0n) is 9.88. The first-order valence-corrected chi connectivity index (χ1v) is 6.74. The molecule has 0 saturated heterocycles. The van der Waals surface area contributed by atoms with Crippen LogP contribution in [0.25, 0.3) is 22.4 Å². The summed E-state index contributed by atoms with van der Waals surface area (Å²) in [6.45, 7) is 1.85. The number of aromatic nitrogens is 1. The third kappa shape index (κ3) is 2.26. The molecule has 0 aliphatic rings. The molecule has 3 rings (SSSR count). The number of nitrogens with zero attached hydrogens (tertiary/aromatic N) is 1. The van der Waals surface area contributed by atoms with Crippen molar-refractivity contribution < 1.29 is 8.81 Å². The van der Waals surface area contributed by atoms with Gasteiger partial charge in [0.1, 0.15) is 17.1 Å². The number of fused-ring (bicyclic) bond motifs is 1. The van der Waals surface area contributed by atoms with Crippen LogP contribution in [0.5, 0.6) is 0 Å². The molecule has 2 aromatic heterocycles. The Kier molecular flexibility index (Phi) is 3.07. The molecule has 0 spiro atoms. The van der Waals surface area contributed by atoms with Gasteiger partial charge in [-0.2, -0.15) is 0 Å². The van der Waals surface area contributed by atoms with Gasteiger partial charge in [0.25, 0.3) is 0 Å². The smallest absolute Gasteiger partial charge is 0.171 e. The van der Waals surface area contributed by atoms with Gasteiger partial charge in [0.2, 0.25) is 0 Å². The van der Waals surface area contributed by atoms with Crippen LogP contribution in [-0.4, -0.2) is 4.98 Å². The molecule has 19 heavy (non-hydrogen) atoms. The quantitative estimate of drug-likeness (QED) is 0.596. The molecule has 3 aromatic rings. The van der Waals surface area contributed by atoms with Crippen molar-refractivity contribution in [2.24, 2.45) is 0 Å². The van der Waals surface area contributed by atoms with Gasteiger partial charge in [-0.1, -0.05) is 27.5 Å². The van der Waals surface area contributed by atoms with Gasteiger partial charge in [0.05, 0.1) is 10.6 Å². The normalized spacial score (nSPS) is 11.2. The average molecular weight is 341 g/mol. The molecule has 2 nitrogen and oxygen atoms in total. The molecule has 0 radical (unpaired) electrons. The minimum Gasteiger partial charge on any atom is -0.453 e. The van der Waals surface area contributed by atoms with Gasteiger partial charge in [0.15, 0.2) is 5.58 Å². The fraction of sp³-hybridized carbons (Fsp3) is 0.0714. The van der Waals surface area contributed by atoms with Crippen molar-refractivity contribution in [2.45, 2.75) is 6.92 Å². The number of rotatable bonds is 1. The number of pyridine rings is 1. The van der Waals surface area contributed by atoms with E-state index in [4.69, 9.17) is 16.0 Å². The number of halogens is 3. The molecule has 0 bridgehead atoms. The van der Waals surface area contributed by atoms with Crippen LogP contribution in [0, 0.1) is 12.7 Å². The van der Waals surface area contributed by atoms with Crippen LogP contribution in [0.15, 0.2) is 39.2 Å². The Balaban J connectivity index is 2.23. The van der Waals surface area contributed by atoms with Crippen LogP contribution in [0.1, 0.15) is 5.69 Å². The summed E-state index contributed by atoms with van der Waals surface area (Å²) in [5.74, 6) is 0.0567. The number of benzene rings is 1. The van der Waals surface area contributed by atoms with Crippen molar-refractivity contribution in [1.29, 1.82) is 0 Å². The van der Waals surface area contributed by atoms with Crippen molar-refractivity contribution in [2.75, 3.05) is 0 Å². The number of hydrogen-bond donors (Lipinski definition) is 0. The summed E-state index contributed by atoms with van der Waals surface area (Å²) >= 11 is 9.31. The molecule has 5 heteroatoms. The standard InChI is InChI=1S/C14H8BrClFNO/c1-7-4-10(16)14-12(18-7)6-13(19-14)9-3-2-8(15)5-11(9)17/h2-6H,1H3. The summed E-state index contributed by atoms with van der Waals surface area (Å²) in [5.41, 5.74) is 2.28. The molecule has 96 valence electrons. The lowest BCUT2D eigenvalue weighted by molar-refractivity contribution is 0.601. The molecular weight excluding hydrogens is 333 g/mol. The average Bonchev–Trinajstić information content (AvgIpc) is 2.72. The summed E-state index contributed by atoms with van der Waals surface area (Å²) < 4.78 is 20.2. The van der Waals surface area contributed by atoms with E-state index in [0.717, 1.165) is 5.69 Å². The topological polar surface area (TPSA) is 26.0 Å². The Hall–Kier alpha value is -1.39. The van der Waals surface area contributed by atoms with Gasteiger partial charge in [-0.25, -0.2) is 9.37 Å². The van der Waals surface area contributed by atoms with E-state index < -0.39 is 0 Å². The lowest BCUT2D eigenvalue weighted by Crippen LogP contribution is -1.81. The molecule has 0 N–H and O–H groups in total. The number of furan rings is 1. The fourth-order valence-electron chi connectivity index (χ4n) is 1.93. The van der Waals surface area contributed by atoms with E-state index in [-0.39, 0.29) is 5.82 Å². The molecule has 1 aromatic carbocycles. The highest BCUT2D eigenvalue weighted by molar-refractivity contribution is 9.10. The third-order valence-corrected chi connectivity index (χ3v) is 3.53.